The van der Waals surface area contributed by atoms with Crippen molar-refractivity contribution in [3.8, 4) is 0 Å². The van der Waals surface area contributed by atoms with Gasteiger partial charge in [0.1, 0.15) is 5.82 Å². The Labute approximate surface area is 118 Å². The summed E-state index contributed by atoms with van der Waals surface area (Å²) in [4.78, 5) is 11.9. The van der Waals surface area contributed by atoms with E-state index in [1.54, 1.807) is 0 Å². The molecule has 0 saturated carbocycles. The second-order valence-electron chi connectivity index (χ2n) is 4.87. The number of carbonyl (C=O) groups is 1. The van der Waals surface area contributed by atoms with Gasteiger partial charge in [-0.25, -0.2) is 0 Å². The topological polar surface area (TPSA) is 85.8 Å². The van der Waals surface area contributed by atoms with Crippen molar-refractivity contribution in [1.29, 1.82) is 0 Å². The summed E-state index contributed by atoms with van der Waals surface area (Å²) in [5.74, 6) is 1.30. The number of nitrogens with one attached hydrogen (secondary N) is 1. The summed E-state index contributed by atoms with van der Waals surface area (Å²) >= 11 is 1.41. The van der Waals surface area contributed by atoms with Crippen molar-refractivity contribution in [1.82, 2.24) is 20.1 Å². The van der Waals surface area contributed by atoms with E-state index < -0.39 is 0 Å². The van der Waals surface area contributed by atoms with Crippen molar-refractivity contribution in [2.24, 2.45) is 11.7 Å². The first-order valence-electron chi connectivity index (χ1n) is 6.50. The predicted octanol–water partition coefficient (Wildman–Crippen LogP) is 0.798. The van der Waals surface area contributed by atoms with Gasteiger partial charge in [0.05, 0.1) is 5.25 Å². The van der Waals surface area contributed by atoms with E-state index in [1.807, 2.05) is 18.4 Å². The maximum atomic E-state index is 11.9. The second kappa shape index (κ2) is 7.49. The Bertz CT molecular complexity index is 418. The van der Waals surface area contributed by atoms with Crippen LogP contribution in [-0.4, -0.2) is 39.0 Å². The molecular weight excluding hydrogens is 262 g/mol. The number of carbonyl (C=O) groups excluding carboxylic acids is 1. The minimum Gasteiger partial charge on any atom is -0.355 e. The largest absolute Gasteiger partial charge is 0.355 e. The predicted molar refractivity (Wildman–Crippen MR) is 77.0 cm³/mol. The fourth-order valence-electron chi connectivity index (χ4n) is 1.50. The number of rotatable bonds is 7. The molecule has 6 nitrogen and oxygen atoms in total. The molecule has 1 aromatic heterocycles. The molecule has 7 heteroatoms. The van der Waals surface area contributed by atoms with E-state index >= 15 is 0 Å². The monoisotopic (exact) mass is 285 g/mol. The lowest BCUT2D eigenvalue weighted by Gasteiger charge is -2.13. The lowest BCUT2D eigenvalue weighted by Crippen LogP contribution is -2.33. The highest BCUT2D eigenvalue weighted by Gasteiger charge is 2.18. The summed E-state index contributed by atoms with van der Waals surface area (Å²) in [6.07, 6.45) is 0. The summed E-state index contributed by atoms with van der Waals surface area (Å²) in [7, 11) is 0. The average molecular weight is 285 g/mol. The number of thioether (sulfide) groups is 1. The molecule has 0 aliphatic carbocycles. The first-order chi connectivity index (χ1) is 8.95. The van der Waals surface area contributed by atoms with E-state index in [9.17, 15) is 4.79 Å². The van der Waals surface area contributed by atoms with Crippen molar-refractivity contribution in [2.75, 3.05) is 13.1 Å². The third-order valence-corrected chi connectivity index (χ3v) is 3.67. The maximum Gasteiger partial charge on any atom is 0.233 e. The van der Waals surface area contributed by atoms with E-state index in [4.69, 9.17) is 5.73 Å². The molecule has 0 saturated heterocycles. The van der Waals surface area contributed by atoms with Crippen molar-refractivity contribution in [3.63, 3.8) is 0 Å². The van der Waals surface area contributed by atoms with Crippen LogP contribution in [0.25, 0.3) is 0 Å². The first kappa shape index (κ1) is 16.0. The number of nitrogens with two attached hydrogens (primary N) is 1. The zero-order valence-electron chi connectivity index (χ0n) is 12.0. The molecule has 1 aromatic rings. The SMILES string of the molecule is Cc1nnc(SC(C)C(=O)NCC(C)C)n1CCN. The van der Waals surface area contributed by atoms with E-state index in [2.05, 4.69) is 29.4 Å². The summed E-state index contributed by atoms with van der Waals surface area (Å²) in [6.45, 7) is 9.78. The Morgan fingerprint density at radius 3 is 2.68 bits per heavy atom. The number of hydrogen-bond acceptors (Lipinski definition) is 5. The lowest BCUT2D eigenvalue weighted by atomic mass is 10.2. The summed E-state index contributed by atoms with van der Waals surface area (Å²) in [6, 6.07) is 0. The van der Waals surface area contributed by atoms with Crippen LogP contribution in [0.5, 0.6) is 0 Å². The van der Waals surface area contributed by atoms with E-state index in [-0.39, 0.29) is 11.2 Å². The molecule has 0 aromatic carbocycles. The van der Waals surface area contributed by atoms with Crippen molar-refractivity contribution in [2.45, 2.75) is 44.6 Å². The van der Waals surface area contributed by atoms with Gasteiger partial charge in [0.2, 0.25) is 5.91 Å². The van der Waals surface area contributed by atoms with Crippen molar-refractivity contribution in [3.05, 3.63) is 5.82 Å². The molecule has 3 N–H and O–H groups in total. The standard InChI is InChI=1S/C12H23N5OS/c1-8(2)7-14-11(18)9(3)19-12-16-15-10(4)17(12)6-5-13/h8-9H,5-7,13H2,1-4H3,(H,14,18). The Morgan fingerprint density at radius 1 is 1.42 bits per heavy atom. The number of hydrogen-bond donors (Lipinski definition) is 2. The molecule has 0 bridgehead atoms. The van der Waals surface area contributed by atoms with Gasteiger partial charge in [-0.3, -0.25) is 4.79 Å². The fourth-order valence-corrected chi connectivity index (χ4v) is 2.44. The van der Waals surface area contributed by atoms with Crippen molar-refractivity contribution >= 4 is 17.7 Å². The van der Waals surface area contributed by atoms with Gasteiger partial charge in [-0.1, -0.05) is 25.6 Å². The van der Waals surface area contributed by atoms with Crippen LogP contribution in [0.2, 0.25) is 0 Å². The molecule has 0 spiro atoms. The van der Waals surface area contributed by atoms with Crippen LogP contribution in [0.1, 0.15) is 26.6 Å². The minimum absolute atomic E-state index is 0.0265. The molecule has 1 amide bonds. The van der Waals surface area contributed by atoms with Crippen LogP contribution >= 0.6 is 11.8 Å². The molecule has 1 unspecified atom stereocenters. The molecular formula is C12H23N5OS. The summed E-state index contributed by atoms with van der Waals surface area (Å²) < 4.78 is 1.94. The Kier molecular flexibility index (Phi) is 6.30. The number of aryl methyl sites for hydroxylation is 1. The third kappa shape index (κ3) is 4.83. The Hall–Kier alpha value is -1.08. The lowest BCUT2D eigenvalue weighted by molar-refractivity contribution is -0.120. The molecule has 0 aliphatic rings. The second-order valence-corrected chi connectivity index (χ2v) is 6.18. The quantitative estimate of drug-likeness (QED) is 0.724. The van der Waals surface area contributed by atoms with Gasteiger partial charge in [-0.2, -0.15) is 0 Å². The molecule has 0 aliphatic heterocycles. The number of nitrogens with zero attached hydrogens (tertiary/aromatic N) is 3. The highest BCUT2D eigenvalue weighted by Crippen LogP contribution is 2.22. The first-order valence-corrected chi connectivity index (χ1v) is 7.38. The van der Waals surface area contributed by atoms with Crippen LogP contribution < -0.4 is 11.1 Å². The fraction of sp³-hybridized carbons (Fsp3) is 0.750. The highest BCUT2D eigenvalue weighted by molar-refractivity contribution is 8.00. The molecule has 108 valence electrons. The highest BCUT2D eigenvalue weighted by atomic mass is 32.2. The van der Waals surface area contributed by atoms with Crippen molar-refractivity contribution < 1.29 is 4.79 Å². The van der Waals surface area contributed by atoms with Gasteiger partial charge >= 0.3 is 0 Å². The summed E-state index contributed by atoms with van der Waals surface area (Å²) in [5, 5.41) is 11.6. The van der Waals surface area contributed by atoms with Gasteiger partial charge in [-0.15, -0.1) is 10.2 Å². The zero-order chi connectivity index (χ0) is 14.4. The average Bonchev–Trinajstić information content (AvgIpc) is 2.69. The molecule has 19 heavy (non-hydrogen) atoms. The Balaban J connectivity index is 2.61. The Morgan fingerprint density at radius 2 is 2.11 bits per heavy atom. The van der Waals surface area contributed by atoms with Crippen LogP contribution in [-0.2, 0) is 11.3 Å². The third-order valence-electron chi connectivity index (χ3n) is 2.59. The maximum absolute atomic E-state index is 11.9. The van der Waals surface area contributed by atoms with Gasteiger partial charge in [-0.05, 0) is 19.8 Å². The van der Waals surface area contributed by atoms with E-state index in [1.165, 1.54) is 11.8 Å². The minimum atomic E-state index is -0.195. The molecule has 1 atom stereocenters. The van der Waals surface area contributed by atoms with Gasteiger partial charge in [0, 0.05) is 19.6 Å². The van der Waals surface area contributed by atoms with Crippen LogP contribution in [0.4, 0.5) is 0 Å². The molecule has 1 rings (SSSR count). The summed E-state index contributed by atoms with van der Waals surface area (Å²) in [5.41, 5.74) is 5.56. The zero-order valence-corrected chi connectivity index (χ0v) is 12.8. The number of aromatic nitrogens is 3. The normalized spacial score (nSPS) is 12.7. The van der Waals surface area contributed by atoms with E-state index in [0.29, 0.717) is 25.6 Å². The van der Waals surface area contributed by atoms with Crippen LogP contribution in [0.3, 0.4) is 0 Å². The molecule has 0 fully saturated rings. The van der Waals surface area contributed by atoms with Gasteiger partial charge in [0.15, 0.2) is 5.16 Å². The van der Waals surface area contributed by atoms with Gasteiger partial charge in [0.25, 0.3) is 0 Å². The van der Waals surface area contributed by atoms with E-state index in [0.717, 1.165) is 11.0 Å². The van der Waals surface area contributed by atoms with Crippen LogP contribution in [0.15, 0.2) is 5.16 Å². The van der Waals surface area contributed by atoms with Gasteiger partial charge < -0.3 is 15.6 Å². The number of amides is 1. The molecule has 1 heterocycles. The van der Waals surface area contributed by atoms with Crippen LogP contribution in [0, 0.1) is 12.8 Å². The smallest absolute Gasteiger partial charge is 0.233 e. The molecule has 0 radical (unpaired) electrons.